The molecule has 0 aliphatic carbocycles. The van der Waals surface area contributed by atoms with E-state index in [2.05, 4.69) is 12.2 Å². The highest BCUT2D eigenvalue weighted by Gasteiger charge is 2.11. The van der Waals surface area contributed by atoms with Crippen LogP contribution in [0.5, 0.6) is 5.75 Å². The van der Waals surface area contributed by atoms with E-state index < -0.39 is 0 Å². The van der Waals surface area contributed by atoms with E-state index in [0.717, 1.165) is 24.9 Å². The van der Waals surface area contributed by atoms with E-state index in [-0.39, 0.29) is 12.6 Å². The van der Waals surface area contributed by atoms with Gasteiger partial charge >= 0.3 is 0 Å². The van der Waals surface area contributed by atoms with Gasteiger partial charge in [-0.25, -0.2) is 0 Å². The van der Waals surface area contributed by atoms with Crippen LogP contribution in [-0.2, 0) is 0 Å². The number of nitrogens with one attached hydrogen (secondary N) is 1. The van der Waals surface area contributed by atoms with Crippen molar-refractivity contribution >= 4 is 0 Å². The van der Waals surface area contributed by atoms with Crippen molar-refractivity contribution in [2.45, 2.75) is 25.8 Å². The second kappa shape index (κ2) is 6.43. The van der Waals surface area contributed by atoms with E-state index in [9.17, 15) is 5.11 Å². The summed E-state index contributed by atoms with van der Waals surface area (Å²) >= 11 is 0. The molecule has 0 aliphatic heterocycles. The van der Waals surface area contributed by atoms with Crippen molar-refractivity contribution in [2.75, 3.05) is 13.2 Å². The zero-order valence-electron chi connectivity index (χ0n) is 9.11. The van der Waals surface area contributed by atoms with Crippen molar-refractivity contribution in [3.05, 3.63) is 29.8 Å². The van der Waals surface area contributed by atoms with Crippen molar-refractivity contribution in [3.8, 4) is 5.75 Å². The summed E-state index contributed by atoms with van der Waals surface area (Å²) < 4.78 is 0. The van der Waals surface area contributed by atoms with Gasteiger partial charge in [-0.1, -0.05) is 25.1 Å². The van der Waals surface area contributed by atoms with Crippen LogP contribution in [0.3, 0.4) is 0 Å². The first-order chi connectivity index (χ1) is 7.29. The minimum atomic E-state index is 0.165. The van der Waals surface area contributed by atoms with Crippen LogP contribution in [0.15, 0.2) is 24.3 Å². The summed E-state index contributed by atoms with van der Waals surface area (Å²) in [6, 6.07) is 7.53. The van der Waals surface area contributed by atoms with E-state index >= 15 is 0 Å². The number of phenolic OH excluding ortho intramolecular Hbond substituents is 1. The zero-order valence-corrected chi connectivity index (χ0v) is 9.11. The molecule has 3 nitrogen and oxygen atoms in total. The predicted octanol–water partition coefficient (Wildman–Crippen LogP) is 1.82. The van der Waals surface area contributed by atoms with Gasteiger partial charge in [0.05, 0.1) is 0 Å². The molecule has 0 radical (unpaired) electrons. The Morgan fingerprint density at radius 3 is 2.67 bits per heavy atom. The quantitative estimate of drug-likeness (QED) is 0.626. The fourth-order valence-electron chi connectivity index (χ4n) is 1.61. The van der Waals surface area contributed by atoms with Crippen LogP contribution in [0.4, 0.5) is 0 Å². The van der Waals surface area contributed by atoms with Crippen LogP contribution >= 0.6 is 0 Å². The zero-order chi connectivity index (χ0) is 11.1. The summed E-state index contributed by atoms with van der Waals surface area (Å²) in [5.74, 6) is 0.334. The molecule has 1 aromatic carbocycles. The number of benzene rings is 1. The molecule has 0 aliphatic rings. The average Bonchev–Trinajstić information content (AvgIpc) is 2.26. The maximum Gasteiger partial charge on any atom is 0.120 e. The van der Waals surface area contributed by atoms with Gasteiger partial charge in [-0.15, -0.1) is 0 Å². The Morgan fingerprint density at radius 2 is 2.07 bits per heavy atom. The molecule has 0 aromatic heterocycles. The summed E-state index contributed by atoms with van der Waals surface area (Å²) in [6.45, 7) is 3.04. The Hall–Kier alpha value is -1.06. The number of rotatable bonds is 6. The number of phenols is 1. The highest BCUT2D eigenvalue weighted by Crippen LogP contribution is 2.25. The number of hydrogen-bond acceptors (Lipinski definition) is 3. The summed E-state index contributed by atoms with van der Waals surface area (Å²) in [6.07, 6.45) is 1.66. The van der Waals surface area contributed by atoms with Crippen molar-refractivity contribution < 1.29 is 10.2 Å². The Balaban J connectivity index is 2.61. The molecule has 84 valence electrons. The molecule has 0 spiro atoms. The maximum absolute atomic E-state index is 9.68. The lowest BCUT2D eigenvalue weighted by atomic mass is 10.0. The van der Waals surface area contributed by atoms with Gasteiger partial charge in [0.15, 0.2) is 0 Å². The fraction of sp³-hybridized carbons (Fsp3) is 0.500. The van der Waals surface area contributed by atoms with Crippen molar-refractivity contribution in [1.29, 1.82) is 0 Å². The molecule has 0 heterocycles. The van der Waals surface area contributed by atoms with Crippen LogP contribution in [0.2, 0.25) is 0 Å². The second-order valence-corrected chi connectivity index (χ2v) is 3.55. The maximum atomic E-state index is 9.68. The molecule has 1 aromatic rings. The number of aliphatic hydroxyl groups excluding tert-OH is 1. The van der Waals surface area contributed by atoms with Gasteiger partial charge in [0, 0.05) is 18.2 Å². The lowest BCUT2D eigenvalue weighted by Crippen LogP contribution is -2.22. The topological polar surface area (TPSA) is 52.5 Å². The Bertz CT molecular complexity index is 289. The SMILES string of the molecule is CCC(NCCCO)c1ccccc1O. The summed E-state index contributed by atoms with van der Waals surface area (Å²) in [5.41, 5.74) is 0.929. The third kappa shape index (κ3) is 3.53. The van der Waals surface area contributed by atoms with Gasteiger partial charge < -0.3 is 15.5 Å². The Kier molecular flexibility index (Phi) is 5.15. The molecule has 1 atom stereocenters. The molecule has 3 N–H and O–H groups in total. The van der Waals surface area contributed by atoms with E-state index in [0.29, 0.717) is 5.75 Å². The van der Waals surface area contributed by atoms with E-state index in [1.165, 1.54) is 0 Å². The molecule has 15 heavy (non-hydrogen) atoms. The third-order valence-corrected chi connectivity index (χ3v) is 2.45. The molecule has 0 bridgehead atoms. The summed E-state index contributed by atoms with van der Waals surface area (Å²) in [7, 11) is 0. The summed E-state index contributed by atoms with van der Waals surface area (Å²) in [4.78, 5) is 0. The van der Waals surface area contributed by atoms with Crippen molar-refractivity contribution in [3.63, 3.8) is 0 Å². The number of aromatic hydroxyl groups is 1. The first kappa shape index (κ1) is 12.0. The largest absolute Gasteiger partial charge is 0.508 e. The third-order valence-electron chi connectivity index (χ3n) is 2.45. The summed E-state index contributed by atoms with van der Waals surface area (Å²) in [5, 5.41) is 21.7. The van der Waals surface area contributed by atoms with Crippen LogP contribution in [-0.4, -0.2) is 23.4 Å². The van der Waals surface area contributed by atoms with E-state index in [1.807, 2.05) is 18.2 Å². The van der Waals surface area contributed by atoms with Gasteiger partial charge in [-0.2, -0.15) is 0 Å². The van der Waals surface area contributed by atoms with E-state index in [4.69, 9.17) is 5.11 Å². The first-order valence-electron chi connectivity index (χ1n) is 5.41. The highest BCUT2D eigenvalue weighted by atomic mass is 16.3. The standard InChI is InChI=1S/C12H19NO2/c1-2-11(13-8-5-9-14)10-6-3-4-7-12(10)15/h3-4,6-7,11,13-15H,2,5,8-9H2,1H3. The van der Waals surface area contributed by atoms with E-state index in [1.54, 1.807) is 6.07 Å². The minimum Gasteiger partial charge on any atom is -0.508 e. The minimum absolute atomic E-state index is 0.165. The number of aliphatic hydroxyl groups is 1. The smallest absolute Gasteiger partial charge is 0.120 e. The van der Waals surface area contributed by atoms with Gasteiger partial charge in [0.25, 0.3) is 0 Å². The molecule has 0 saturated heterocycles. The van der Waals surface area contributed by atoms with Crippen LogP contribution in [0.1, 0.15) is 31.4 Å². The van der Waals surface area contributed by atoms with Gasteiger partial charge in [-0.3, -0.25) is 0 Å². The van der Waals surface area contributed by atoms with Crippen LogP contribution in [0.25, 0.3) is 0 Å². The molecule has 0 saturated carbocycles. The lowest BCUT2D eigenvalue weighted by Gasteiger charge is -2.18. The molecular formula is C12H19NO2. The van der Waals surface area contributed by atoms with Gasteiger partial charge in [-0.05, 0) is 25.5 Å². The average molecular weight is 209 g/mol. The van der Waals surface area contributed by atoms with Crippen molar-refractivity contribution in [1.82, 2.24) is 5.32 Å². The highest BCUT2D eigenvalue weighted by molar-refractivity contribution is 5.34. The van der Waals surface area contributed by atoms with Crippen LogP contribution < -0.4 is 5.32 Å². The Morgan fingerprint density at radius 1 is 1.33 bits per heavy atom. The number of para-hydroxylation sites is 1. The van der Waals surface area contributed by atoms with Crippen LogP contribution in [0, 0.1) is 0 Å². The second-order valence-electron chi connectivity index (χ2n) is 3.55. The molecule has 3 heteroatoms. The normalized spacial score (nSPS) is 12.7. The van der Waals surface area contributed by atoms with Crippen molar-refractivity contribution in [2.24, 2.45) is 0 Å². The Labute approximate surface area is 90.8 Å². The molecule has 1 unspecified atom stereocenters. The fourth-order valence-corrected chi connectivity index (χ4v) is 1.61. The van der Waals surface area contributed by atoms with Gasteiger partial charge in [0.1, 0.15) is 5.75 Å². The molecule has 1 rings (SSSR count). The molecule has 0 fully saturated rings. The van der Waals surface area contributed by atoms with Gasteiger partial charge in [0.2, 0.25) is 0 Å². The molecule has 0 amide bonds. The lowest BCUT2D eigenvalue weighted by molar-refractivity contribution is 0.282. The molecular weight excluding hydrogens is 190 g/mol. The monoisotopic (exact) mass is 209 g/mol. The first-order valence-corrected chi connectivity index (χ1v) is 5.41. The predicted molar refractivity (Wildman–Crippen MR) is 60.8 cm³/mol. The number of hydrogen-bond donors (Lipinski definition) is 3.